The lowest BCUT2D eigenvalue weighted by atomic mass is 10.1. The number of hydrogen-bond donors (Lipinski definition) is 1. The first-order valence-electron chi connectivity index (χ1n) is 12.7. The summed E-state index contributed by atoms with van der Waals surface area (Å²) in [5.41, 5.74) is 9.08. The first kappa shape index (κ1) is 26.8. The first-order chi connectivity index (χ1) is 18.5. The Morgan fingerprint density at radius 3 is 1.00 bits per heavy atom. The summed E-state index contributed by atoms with van der Waals surface area (Å²) in [4.78, 5) is 8.59. The van der Waals surface area contributed by atoms with Crippen molar-refractivity contribution in [2.45, 2.75) is 12.4 Å². The van der Waals surface area contributed by atoms with Crippen molar-refractivity contribution < 1.29 is 26.3 Å². The highest BCUT2D eigenvalue weighted by Gasteiger charge is 2.31. The van der Waals surface area contributed by atoms with Gasteiger partial charge in [0.15, 0.2) is 0 Å². The molecule has 2 fully saturated rings. The summed E-state index contributed by atoms with van der Waals surface area (Å²) in [6.45, 7) is 5.47. The van der Waals surface area contributed by atoms with Crippen LogP contribution in [0.2, 0.25) is 0 Å². The van der Waals surface area contributed by atoms with E-state index >= 15 is 0 Å². The van der Waals surface area contributed by atoms with Gasteiger partial charge >= 0.3 is 12.4 Å². The van der Waals surface area contributed by atoms with Crippen molar-refractivity contribution in [3.05, 3.63) is 77.9 Å². The molecule has 2 aliphatic rings. The lowest BCUT2D eigenvalue weighted by Gasteiger charge is -2.39. The summed E-state index contributed by atoms with van der Waals surface area (Å²) in [5, 5.41) is 0. The Hall–Kier alpha value is -3.76. The number of hydrogen-bond acceptors (Lipinski definition) is 5. The molecule has 5 nitrogen and oxygen atoms in total. The predicted molar refractivity (Wildman–Crippen MR) is 143 cm³/mol. The number of anilines is 5. The van der Waals surface area contributed by atoms with Crippen LogP contribution >= 0.6 is 0 Å². The smallest absolute Gasteiger partial charge is 0.399 e. The third-order valence-corrected chi connectivity index (χ3v) is 7.33. The molecular weight excluding hydrogens is 520 g/mol. The van der Waals surface area contributed by atoms with Crippen LogP contribution in [0, 0.1) is 0 Å². The molecule has 0 radical (unpaired) electrons. The highest BCUT2D eigenvalue weighted by molar-refractivity contribution is 5.68. The van der Waals surface area contributed by atoms with E-state index < -0.39 is 23.5 Å². The molecule has 0 aliphatic carbocycles. The van der Waals surface area contributed by atoms with Crippen LogP contribution in [0.15, 0.2) is 66.7 Å². The van der Waals surface area contributed by atoms with Crippen LogP contribution in [0.4, 0.5) is 54.8 Å². The number of nitrogens with zero attached hydrogens (tertiary/aromatic N) is 4. The largest absolute Gasteiger partial charge is 0.416 e. The molecule has 11 heteroatoms. The molecule has 0 unspecified atom stereocenters. The van der Waals surface area contributed by atoms with Crippen LogP contribution < -0.4 is 25.3 Å². The maximum atomic E-state index is 12.9. The van der Waals surface area contributed by atoms with Gasteiger partial charge < -0.3 is 25.3 Å². The second-order valence-electron chi connectivity index (χ2n) is 9.82. The van der Waals surface area contributed by atoms with Crippen molar-refractivity contribution in [1.29, 1.82) is 0 Å². The second kappa shape index (κ2) is 10.4. The van der Waals surface area contributed by atoms with Gasteiger partial charge in [-0.1, -0.05) is 0 Å². The zero-order valence-electron chi connectivity index (χ0n) is 21.1. The number of alkyl halides is 6. The fourth-order valence-corrected chi connectivity index (χ4v) is 5.15. The number of rotatable bonds is 4. The fraction of sp³-hybridized carbons (Fsp3) is 0.357. The molecule has 0 aromatic heterocycles. The number of nitrogens with two attached hydrogens (primary N) is 1. The Balaban J connectivity index is 1.19. The van der Waals surface area contributed by atoms with E-state index in [4.69, 9.17) is 5.73 Å². The Kier molecular flexibility index (Phi) is 7.17. The molecule has 0 spiro atoms. The van der Waals surface area contributed by atoms with Gasteiger partial charge in [-0.2, -0.15) is 26.3 Å². The van der Waals surface area contributed by atoms with Crippen LogP contribution in [-0.2, 0) is 12.4 Å². The van der Waals surface area contributed by atoms with Gasteiger partial charge in [0.05, 0.1) is 11.1 Å². The van der Waals surface area contributed by atoms with Gasteiger partial charge in [0.2, 0.25) is 0 Å². The highest BCUT2D eigenvalue weighted by Crippen LogP contribution is 2.33. The van der Waals surface area contributed by atoms with Crippen LogP contribution in [0.1, 0.15) is 11.1 Å². The van der Waals surface area contributed by atoms with Gasteiger partial charge in [0.25, 0.3) is 0 Å². The van der Waals surface area contributed by atoms with Crippen molar-refractivity contribution in [2.24, 2.45) is 0 Å². The minimum absolute atomic E-state index is 0.637. The topological polar surface area (TPSA) is 39.0 Å². The van der Waals surface area contributed by atoms with Gasteiger partial charge in [-0.3, -0.25) is 0 Å². The first-order valence-corrected chi connectivity index (χ1v) is 12.7. The SMILES string of the molecule is Nc1cc(N2CCN(c3ccc(C(F)(F)F)cc3)CC2)cc(N2CCN(c3ccc(C(F)(F)F)cc3)CC2)c1. The minimum atomic E-state index is -4.35. The zero-order valence-corrected chi connectivity index (χ0v) is 21.1. The fourth-order valence-electron chi connectivity index (χ4n) is 5.15. The number of nitrogen functional groups attached to an aromatic ring is 1. The maximum Gasteiger partial charge on any atom is 0.416 e. The minimum Gasteiger partial charge on any atom is -0.399 e. The van der Waals surface area contributed by atoms with Crippen molar-refractivity contribution in [1.82, 2.24) is 0 Å². The van der Waals surface area contributed by atoms with Gasteiger partial charge in [0, 0.05) is 80.8 Å². The molecule has 2 N–H and O–H groups in total. The molecule has 208 valence electrons. The molecule has 0 amide bonds. The Morgan fingerprint density at radius 1 is 0.436 bits per heavy atom. The third kappa shape index (κ3) is 6.12. The third-order valence-electron chi connectivity index (χ3n) is 7.33. The van der Waals surface area contributed by atoms with Crippen molar-refractivity contribution in [2.75, 3.05) is 77.7 Å². The molecule has 3 aromatic carbocycles. The Labute approximate surface area is 223 Å². The average Bonchev–Trinajstić information content (AvgIpc) is 2.92. The van der Waals surface area contributed by atoms with Gasteiger partial charge in [-0.25, -0.2) is 0 Å². The molecule has 2 saturated heterocycles. The summed E-state index contributed by atoms with van der Waals surface area (Å²) in [7, 11) is 0. The Bertz CT molecular complexity index is 1160. The van der Waals surface area contributed by atoms with E-state index in [9.17, 15) is 26.3 Å². The lowest BCUT2D eigenvalue weighted by Crippen LogP contribution is -2.47. The number of halogens is 6. The molecule has 5 rings (SSSR count). The van der Waals surface area contributed by atoms with E-state index in [1.54, 1.807) is 0 Å². The summed E-state index contributed by atoms with van der Waals surface area (Å²) in [6.07, 6.45) is -8.70. The van der Waals surface area contributed by atoms with Gasteiger partial charge in [-0.05, 0) is 66.7 Å². The van der Waals surface area contributed by atoms with Crippen LogP contribution in [0.3, 0.4) is 0 Å². The molecule has 39 heavy (non-hydrogen) atoms. The van der Waals surface area contributed by atoms with Gasteiger partial charge in [-0.15, -0.1) is 0 Å². The highest BCUT2D eigenvalue weighted by atomic mass is 19.4. The van der Waals surface area contributed by atoms with Gasteiger partial charge in [0.1, 0.15) is 0 Å². The van der Waals surface area contributed by atoms with Crippen molar-refractivity contribution in [3.8, 4) is 0 Å². The summed E-state index contributed by atoms with van der Waals surface area (Å²) in [5.74, 6) is 0. The van der Waals surface area contributed by atoms with E-state index in [2.05, 4.69) is 25.7 Å². The van der Waals surface area contributed by atoms with Crippen LogP contribution in [-0.4, -0.2) is 52.4 Å². The van der Waals surface area contributed by atoms with Crippen molar-refractivity contribution in [3.63, 3.8) is 0 Å². The molecule has 0 saturated carbocycles. The average molecular weight is 550 g/mol. The van der Waals surface area contributed by atoms with E-state index in [0.29, 0.717) is 58.0 Å². The summed E-state index contributed by atoms with van der Waals surface area (Å²) in [6, 6.07) is 16.5. The molecule has 2 aliphatic heterocycles. The summed E-state index contributed by atoms with van der Waals surface area (Å²) >= 11 is 0. The van der Waals surface area contributed by atoms with Crippen LogP contribution in [0.5, 0.6) is 0 Å². The Morgan fingerprint density at radius 2 is 0.718 bits per heavy atom. The molecular formula is C28H29F6N5. The number of piperazine rings is 2. The van der Waals surface area contributed by atoms with Crippen molar-refractivity contribution >= 4 is 28.4 Å². The van der Waals surface area contributed by atoms with Crippen LogP contribution in [0.25, 0.3) is 0 Å². The monoisotopic (exact) mass is 549 g/mol. The molecule has 2 heterocycles. The molecule has 0 atom stereocenters. The lowest BCUT2D eigenvalue weighted by molar-refractivity contribution is -0.138. The predicted octanol–water partition coefficient (Wildman–Crippen LogP) is 5.96. The van der Waals surface area contributed by atoms with E-state index in [0.717, 1.165) is 47.0 Å². The van der Waals surface area contributed by atoms with E-state index in [1.165, 1.54) is 24.3 Å². The quantitative estimate of drug-likeness (QED) is 0.321. The van der Waals surface area contributed by atoms with E-state index in [1.807, 2.05) is 12.1 Å². The number of benzene rings is 3. The van der Waals surface area contributed by atoms with E-state index in [-0.39, 0.29) is 0 Å². The zero-order chi connectivity index (χ0) is 27.8. The molecule has 0 bridgehead atoms. The normalized spacial score (nSPS) is 17.1. The second-order valence-corrected chi connectivity index (χ2v) is 9.82. The standard InChI is InChI=1S/C28H29F6N5/c29-27(30,31)20-1-5-23(6-2-20)36-9-13-38(14-10-36)25-17-22(35)18-26(19-25)39-15-11-37(12-16-39)24-7-3-21(4-8-24)28(32,33)34/h1-8,17-19H,9-16,35H2. The molecule has 3 aromatic rings. The maximum absolute atomic E-state index is 12.9. The summed E-state index contributed by atoms with van der Waals surface area (Å²) < 4.78 is 77.3.